The maximum absolute atomic E-state index is 5.98. The zero-order valence-electron chi connectivity index (χ0n) is 14.8. The van der Waals surface area contributed by atoms with Crippen LogP contribution in [0.15, 0.2) is 48.7 Å². The molecule has 3 aromatic heterocycles. The van der Waals surface area contributed by atoms with Gasteiger partial charge in [0, 0.05) is 22.8 Å². The molecule has 1 aliphatic heterocycles. The van der Waals surface area contributed by atoms with Crippen LogP contribution in [0.4, 0.5) is 5.13 Å². The van der Waals surface area contributed by atoms with Crippen molar-refractivity contribution < 1.29 is 0 Å². The van der Waals surface area contributed by atoms with E-state index in [-0.39, 0.29) is 6.04 Å². The second kappa shape index (κ2) is 6.62. The van der Waals surface area contributed by atoms with Crippen molar-refractivity contribution in [1.29, 1.82) is 0 Å². The number of hydrogen-bond acceptors (Lipinski definition) is 5. The lowest BCUT2D eigenvalue weighted by Crippen LogP contribution is -2.23. The van der Waals surface area contributed by atoms with Gasteiger partial charge in [0.2, 0.25) is 10.1 Å². The summed E-state index contributed by atoms with van der Waals surface area (Å²) in [6.07, 6.45) is 4.24. The number of pyridine rings is 1. The number of halogens is 1. The van der Waals surface area contributed by atoms with Crippen molar-refractivity contribution in [3.8, 4) is 11.3 Å². The Kier molecular flexibility index (Phi) is 4.10. The molecular weight excluding hydrogens is 378 g/mol. The quantitative estimate of drug-likeness (QED) is 0.481. The average Bonchev–Trinajstić information content (AvgIpc) is 3.36. The molecule has 7 heteroatoms. The predicted octanol–water partition coefficient (Wildman–Crippen LogP) is 5.16. The molecule has 5 nitrogen and oxygen atoms in total. The van der Waals surface area contributed by atoms with E-state index in [1.165, 1.54) is 0 Å². The summed E-state index contributed by atoms with van der Waals surface area (Å²) in [6.45, 7) is 3.04. The van der Waals surface area contributed by atoms with Crippen molar-refractivity contribution in [2.75, 3.05) is 11.4 Å². The number of imidazole rings is 1. The molecule has 0 amide bonds. The van der Waals surface area contributed by atoms with E-state index in [9.17, 15) is 0 Å². The van der Waals surface area contributed by atoms with Crippen LogP contribution in [0.25, 0.3) is 16.2 Å². The summed E-state index contributed by atoms with van der Waals surface area (Å²) in [5.74, 6) is 0. The number of fused-ring (bicyclic) bond motifs is 1. The predicted molar refractivity (Wildman–Crippen MR) is 110 cm³/mol. The molecule has 27 heavy (non-hydrogen) atoms. The third-order valence-corrected chi connectivity index (χ3v) is 6.13. The molecule has 0 N–H and O–H groups in total. The van der Waals surface area contributed by atoms with Gasteiger partial charge in [0.15, 0.2) is 0 Å². The van der Waals surface area contributed by atoms with E-state index in [0.717, 1.165) is 57.1 Å². The maximum atomic E-state index is 5.98. The second-order valence-corrected chi connectivity index (χ2v) is 8.17. The molecule has 1 aromatic carbocycles. The van der Waals surface area contributed by atoms with Gasteiger partial charge in [-0.2, -0.15) is 0 Å². The van der Waals surface area contributed by atoms with E-state index in [2.05, 4.69) is 17.0 Å². The molecule has 1 atom stereocenters. The van der Waals surface area contributed by atoms with Gasteiger partial charge in [-0.3, -0.25) is 4.98 Å². The third kappa shape index (κ3) is 3.09. The number of benzene rings is 1. The van der Waals surface area contributed by atoms with Gasteiger partial charge < -0.3 is 4.90 Å². The largest absolute Gasteiger partial charge is 0.338 e. The second-order valence-electron chi connectivity index (χ2n) is 6.80. The molecule has 4 aromatic rings. The van der Waals surface area contributed by atoms with Crippen molar-refractivity contribution in [1.82, 2.24) is 19.6 Å². The van der Waals surface area contributed by atoms with Crippen LogP contribution >= 0.6 is 22.9 Å². The lowest BCUT2D eigenvalue weighted by atomic mass is 10.1. The highest BCUT2D eigenvalue weighted by Gasteiger charge is 2.30. The summed E-state index contributed by atoms with van der Waals surface area (Å²) < 4.78 is 1.88. The molecule has 0 radical (unpaired) electrons. The van der Waals surface area contributed by atoms with Crippen LogP contribution < -0.4 is 4.90 Å². The number of aryl methyl sites for hydroxylation is 1. The molecule has 1 saturated heterocycles. The molecule has 1 unspecified atom stereocenters. The standard InChI is InChI=1S/C20H18ClN5S/c1-13-4-2-5-16(22-13)18-6-3-11-25(18)20-24-26-12-17(23-19(26)27-20)14-7-9-15(21)10-8-14/h2,4-5,7-10,12,18H,3,6,11H2,1H3. The highest BCUT2D eigenvalue weighted by Crippen LogP contribution is 2.37. The molecule has 0 aliphatic carbocycles. The van der Waals surface area contributed by atoms with Gasteiger partial charge in [-0.05, 0) is 44.0 Å². The van der Waals surface area contributed by atoms with Crippen molar-refractivity contribution >= 4 is 33.0 Å². The number of aromatic nitrogens is 4. The fourth-order valence-electron chi connectivity index (χ4n) is 3.62. The highest BCUT2D eigenvalue weighted by atomic mass is 35.5. The minimum Gasteiger partial charge on any atom is -0.338 e. The van der Waals surface area contributed by atoms with Crippen LogP contribution in [0.3, 0.4) is 0 Å². The van der Waals surface area contributed by atoms with Crippen molar-refractivity contribution in [2.45, 2.75) is 25.8 Å². The fraction of sp³-hybridized carbons (Fsp3) is 0.250. The molecule has 4 heterocycles. The summed E-state index contributed by atoms with van der Waals surface area (Å²) in [5.41, 5.74) is 4.14. The maximum Gasteiger partial charge on any atom is 0.214 e. The normalized spacial score (nSPS) is 17.1. The number of rotatable bonds is 3. The average molecular weight is 396 g/mol. The van der Waals surface area contributed by atoms with Crippen LogP contribution in [0, 0.1) is 6.92 Å². The van der Waals surface area contributed by atoms with E-state index in [0.29, 0.717) is 0 Å². The van der Waals surface area contributed by atoms with Gasteiger partial charge in [-0.25, -0.2) is 9.50 Å². The molecule has 1 fully saturated rings. The van der Waals surface area contributed by atoms with Gasteiger partial charge in [0.25, 0.3) is 0 Å². The molecule has 0 saturated carbocycles. The summed E-state index contributed by atoms with van der Waals surface area (Å²) in [7, 11) is 0. The molecular formula is C20H18ClN5S. The first-order valence-corrected chi connectivity index (χ1v) is 10.2. The smallest absolute Gasteiger partial charge is 0.214 e. The van der Waals surface area contributed by atoms with Gasteiger partial charge in [-0.15, -0.1) is 5.10 Å². The van der Waals surface area contributed by atoms with Crippen LogP contribution in [0.1, 0.15) is 30.3 Å². The van der Waals surface area contributed by atoms with Crippen molar-refractivity contribution in [3.05, 3.63) is 65.1 Å². The Morgan fingerprint density at radius 2 is 1.96 bits per heavy atom. The molecule has 0 spiro atoms. The minimum absolute atomic E-state index is 0.288. The Morgan fingerprint density at radius 3 is 2.74 bits per heavy atom. The van der Waals surface area contributed by atoms with Crippen molar-refractivity contribution in [2.24, 2.45) is 0 Å². The van der Waals surface area contributed by atoms with E-state index < -0.39 is 0 Å². The van der Waals surface area contributed by atoms with Gasteiger partial charge in [0.05, 0.1) is 23.6 Å². The summed E-state index contributed by atoms with van der Waals surface area (Å²) in [6, 6.07) is 14.3. The molecule has 0 bridgehead atoms. The lowest BCUT2D eigenvalue weighted by Gasteiger charge is -2.23. The van der Waals surface area contributed by atoms with Gasteiger partial charge >= 0.3 is 0 Å². The minimum atomic E-state index is 0.288. The van der Waals surface area contributed by atoms with Crippen molar-refractivity contribution in [3.63, 3.8) is 0 Å². The molecule has 1 aliphatic rings. The summed E-state index contributed by atoms with van der Waals surface area (Å²) in [5, 5.41) is 6.53. The Morgan fingerprint density at radius 1 is 1.11 bits per heavy atom. The summed E-state index contributed by atoms with van der Waals surface area (Å²) >= 11 is 7.61. The monoisotopic (exact) mass is 395 g/mol. The topological polar surface area (TPSA) is 46.3 Å². The number of anilines is 1. The fourth-order valence-corrected chi connectivity index (χ4v) is 4.70. The highest BCUT2D eigenvalue weighted by molar-refractivity contribution is 7.20. The first-order valence-electron chi connectivity index (χ1n) is 9.00. The zero-order valence-corrected chi connectivity index (χ0v) is 16.4. The Labute approximate surface area is 166 Å². The number of nitrogens with zero attached hydrogens (tertiary/aromatic N) is 5. The third-order valence-electron chi connectivity index (χ3n) is 4.92. The van der Waals surface area contributed by atoms with Crippen LogP contribution in [0.2, 0.25) is 5.02 Å². The van der Waals surface area contributed by atoms with Crippen LogP contribution in [-0.2, 0) is 0 Å². The summed E-state index contributed by atoms with van der Waals surface area (Å²) in [4.78, 5) is 12.8. The number of hydrogen-bond donors (Lipinski definition) is 0. The Hall–Kier alpha value is -2.44. The van der Waals surface area contributed by atoms with E-state index in [4.69, 9.17) is 26.7 Å². The van der Waals surface area contributed by atoms with Crippen LogP contribution in [-0.4, -0.2) is 26.1 Å². The first kappa shape index (κ1) is 16.7. The van der Waals surface area contributed by atoms with E-state index in [1.54, 1.807) is 11.3 Å². The van der Waals surface area contributed by atoms with Gasteiger partial charge in [-0.1, -0.05) is 41.1 Å². The molecule has 5 rings (SSSR count). The lowest BCUT2D eigenvalue weighted by molar-refractivity contribution is 0.685. The van der Waals surface area contributed by atoms with E-state index in [1.807, 2.05) is 48.0 Å². The van der Waals surface area contributed by atoms with E-state index >= 15 is 0 Å². The Bertz CT molecular complexity index is 1070. The van der Waals surface area contributed by atoms with Crippen LogP contribution in [0.5, 0.6) is 0 Å². The zero-order chi connectivity index (χ0) is 18.4. The Balaban J connectivity index is 1.46. The van der Waals surface area contributed by atoms with Gasteiger partial charge in [0.1, 0.15) is 0 Å². The SMILES string of the molecule is Cc1cccc(C2CCCN2c2nn3cc(-c4ccc(Cl)cc4)nc3s2)n1. The first-order chi connectivity index (χ1) is 13.2. The molecule has 136 valence electrons.